The first-order chi connectivity index (χ1) is 22.2. The molecule has 14 nitrogen and oxygen atoms in total. The minimum absolute atomic E-state index is 0.0542. The molecule has 1 aliphatic rings. The van der Waals surface area contributed by atoms with Crippen molar-refractivity contribution in [1.82, 2.24) is 10.6 Å². The maximum Gasteiger partial charge on any atom is 0.336 e. The summed E-state index contributed by atoms with van der Waals surface area (Å²) in [5, 5.41) is 28.2. The Hall–Kier alpha value is -4.50. The van der Waals surface area contributed by atoms with E-state index in [-0.39, 0.29) is 74.3 Å². The Morgan fingerprint density at radius 1 is 0.913 bits per heavy atom. The molecule has 0 saturated heterocycles. The predicted octanol–water partition coefficient (Wildman–Crippen LogP) is 2.62. The van der Waals surface area contributed by atoms with E-state index in [0.29, 0.717) is 23.7 Å². The number of nitro groups is 1. The van der Waals surface area contributed by atoms with Crippen LogP contribution in [0.3, 0.4) is 0 Å². The van der Waals surface area contributed by atoms with Crippen LogP contribution in [0.15, 0.2) is 71.1 Å². The molecule has 0 bridgehead atoms. The molecule has 1 unspecified atom stereocenters. The minimum Gasteiger partial charge on any atom is -0.492 e. The van der Waals surface area contributed by atoms with Crippen molar-refractivity contribution < 1.29 is 48.0 Å². The Morgan fingerprint density at radius 3 is 2.09 bits per heavy atom. The number of ether oxygens (including phenoxy) is 6. The number of nitro benzene ring substituents is 1. The molecule has 0 radical (unpaired) electrons. The molecule has 1 atom stereocenters. The molecular formula is C32H41N3O11. The number of dihydropyridines is 1. The van der Waals surface area contributed by atoms with Gasteiger partial charge in [-0.25, -0.2) is 9.59 Å². The number of rotatable bonds is 19. The van der Waals surface area contributed by atoms with Crippen molar-refractivity contribution >= 4 is 17.6 Å². The normalized spacial score (nSPS) is 14.0. The van der Waals surface area contributed by atoms with Crippen LogP contribution in [0, 0.1) is 10.1 Å². The van der Waals surface area contributed by atoms with Gasteiger partial charge in [-0.15, -0.1) is 0 Å². The molecule has 250 valence electrons. The van der Waals surface area contributed by atoms with E-state index in [1.54, 1.807) is 26.0 Å². The molecule has 2 aromatic rings. The number of nitrogens with zero attached hydrogens (tertiary/aromatic N) is 1. The zero-order valence-electron chi connectivity index (χ0n) is 26.4. The third kappa shape index (κ3) is 10.3. The summed E-state index contributed by atoms with van der Waals surface area (Å²) in [6.07, 6.45) is -0.788. The molecular weight excluding hydrogens is 602 g/mol. The fourth-order valence-electron chi connectivity index (χ4n) is 4.71. The number of aliphatic hydroxyl groups excluding tert-OH is 1. The summed E-state index contributed by atoms with van der Waals surface area (Å²) >= 11 is 0. The summed E-state index contributed by atoms with van der Waals surface area (Å²) in [7, 11) is 2.93. The third-order valence-electron chi connectivity index (χ3n) is 6.86. The molecule has 0 spiro atoms. The van der Waals surface area contributed by atoms with Crippen LogP contribution in [0.2, 0.25) is 0 Å². The first-order valence-corrected chi connectivity index (χ1v) is 14.7. The number of aliphatic hydroxyl groups is 1. The van der Waals surface area contributed by atoms with Crippen LogP contribution in [0.25, 0.3) is 0 Å². The molecule has 1 aliphatic heterocycles. The van der Waals surface area contributed by atoms with E-state index < -0.39 is 28.9 Å². The van der Waals surface area contributed by atoms with E-state index in [0.717, 1.165) is 0 Å². The van der Waals surface area contributed by atoms with Crippen molar-refractivity contribution in [2.75, 3.05) is 67.0 Å². The molecule has 0 amide bonds. The van der Waals surface area contributed by atoms with Crippen molar-refractivity contribution in [1.29, 1.82) is 0 Å². The number of hydrogen-bond donors (Lipinski definition) is 3. The van der Waals surface area contributed by atoms with E-state index in [4.69, 9.17) is 28.4 Å². The van der Waals surface area contributed by atoms with Crippen LogP contribution in [-0.4, -0.2) is 95.0 Å². The number of hydrogen-bond acceptors (Lipinski definition) is 13. The number of carbonyl (C=O) groups excluding carboxylic acids is 2. The summed E-state index contributed by atoms with van der Waals surface area (Å²) in [5.74, 6) is -1.77. The van der Waals surface area contributed by atoms with Gasteiger partial charge in [-0.3, -0.25) is 10.1 Å². The summed E-state index contributed by atoms with van der Waals surface area (Å²) in [6.45, 7) is 4.16. The first kappa shape index (κ1) is 36.0. The van der Waals surface area contributed by atoms with Gasteiger partial charge in [0.15, 0.2) is 0 Å². The maximum absolute atomic E-state index is 13.5. The maximum atomic E-state index is 13.5. The van der Waals surface area contributed by atoms with Gasteiger partial charge < -0.3 is 44.2 Å². The Balaban J connectivity index is 1.86. The Labute approximate surface area is 267 Å². The number of nitrogens with one attached hydrogen (secondary N) is 2. The summed E-state index contributed by atoms with van der Waals surface area (Å²) in [6, 6.07) is 13.1. The molecule has 0 fully saturated rings. The van der Waals surface area contributed by atoms with Crippen LogP contribution in [0.1, 0.15) is 25.3 Å². The highest BCUT2D eigenvalue weighted by atomic mass is 16.6. The molecule has 0 aromatic heterocycles. The lowest BCUT2D eigenvalue weighted by molar-refractivity contribution is -0.384. The van der Waals surface area contributed by atoms with Gasteiger partial charge in [0, 0.05) is 56.4 Å². The Bertz CT molecular complexity index is 1350. The number of esters is 2. The molecule has 14 heteroatoms. The second-order valence-electron chi connectivity index (χ2n) is 10.2. The first-order valence-electron chi connectivity index (χ1n) is 14.7. The summed E-state index contributed by atoms with van der Waals surface area (Å²) in [5.41, 5.74) is 0.835. The van der Waals surface area contributed by atoms with Gasteiger partial charge >= 0.3 is 11.9 Å². The average molecular weight is 644 g/mol. The van der Waals surface area contributed by atoms with E-state index in [1.165, 1.54) is 32.4 Å². The highest BCUT2D eigenvalue weighted by molar-refractivity contribution is 6.00. The molecule has 0 saturated carbocycles. The van der Waals surface area contributed by atoms with Crippen LogP contribution < -0.4 is 20.1 Å². The van der Waals surface area contributed by atoms with Gasteiger partial charge in [0.05, 0.1) is 35.2 Å². The van der Waals surface area contributed by atoms with Crippen molar-refractivity contribution in [3.63, 3.8) is 0 Å². The van der Waals surface area contributed by atoms with Crippen molar-refractivity contribution in [3.05, 3.63) is 86.7 Å². The molecule has 1 heterocycles. The van der Waals surface area contributed by atoms with Gasteiger partial charge in [0.1, 0.15) is 44.0 Å². The molecule has 46 heavy (non-hydrogen) atoms. The number of allylic oxidation sites excluding steroid dienone is 2. The zero-order valence-corrected chi connectivity index (χ0v) is 26.4. The van der Waals surface area contributed by atoms with Crippen LogP contribution >= 0.6 is 0 Å². The summed E-state index contributed by atoms with van der Waals surface area (Å²) < 4.78 is 32.5. The number of methoxy groups -OCH3 is 2. The van der Waals surface area contributed by atoms with E-state index in [9.17, 15) is 24.8 Å². The van der Waals surface area contributed by atoms with Gasteiger partial charge in [0.2, 0.25) is 0 Å². The van der Waals surface area contributed by atoms with Crippen molar-refractivity contribution in [2.45, 2.75) is 25.9 Å². The lowest BCUT2D eigenvalue weighted by Gasteiger charge is -2.31. The topological polar surface area (TPSA) is 177 Å². The van der Waals surface area contributed by atoms with Crippen molar-refractivity contribution in [2.24, 2.45) is 0 Å². The van der Waals surface area contributed by atoms with Gasteiger partial charge in [-0.1, -0.05) is 18.2 Å². The van der Waals surface area contributed by atoms with Gasteiger partial charge in [0.25, 0.3) is 5.69 Å². The largest absolute Gasteiger partial charge is 0.492 e. The third-order valence-corrected chi connectivity index (χ3v) is 6.86. The highest BCUT2D eigenvalue weighted by Gasteiger charge is 2.40. The van der Waals surface area contributed by atoms with E-state index >= 15 is 0 Å². The number of non-ortho nitro benzene ring substituents is 1. The number of benzene rings is 2. The second kappa shape index (κ2) is 18.5. The number of para-hydroxylation sites is 1. The predicted molar refractivity (Wildman–Crippen MR) is 166 cm³/mol. The van der Waals surface area contributed by atoms with E-state index in [2.05, 4.69) is 10.6 Å². The second-order valence-corrected chi connectivity index (χ2v) is 10.2. The van der Waals surface area contributed by atoms with Gasteiger partial charge in [-0.2, -0.15) is 0 Å². The lowest BCUT2D eigenvalue weighted by Crippen LogP contribution is -2.34. The minimum atomic E-state index is -1.13. The molecule has 0 aliphatic carbocycles. The van der Waals surface area contributed by atoms with Crippen LogP contribution in [0.5, 0.6) is 11.5 Å². The molecule has 3 N–H and O–H groups in total. The summed E-state index contributed by atoms with van der Waals surface area (Å²) in [4.78, 5) is 38.2. The highest BCUT2D eigenvalue weighted by Crippen LogP contribution is 2.44. The Morgan fingerprint density at radius 2 is 1.52 bits per heavy atom. The van der Waals surface area contributed by atoms with E-state index in [1.807, 2.05) is 18.2 Å². The average Bonchev–Trinajstić information content (AvgIpc) is 3.03. The van der Waals surface area contributed by atoms with Crippen LogP contribution in [-0.2, 0) is 28.5 Å². The van der Waals surface area contributed by atoms with Crippen LogP contribution in [0.4, 0.5) is 5.69 Å². The fraction of sp³-hybridized carbons (Fsp3) is 0.438. The standard InChI is InChI=1S/C32H41N3O11/c1-21-28(31(37)44-16-14-41-3)30(29(22(2)34-21)32(38)45-17-15-42-4)26-18-23(35(39)40)10-11-27(26)43-13-12-33-19-24(36)20-46-25-8-6-5-7-9-25/h5-11,18,24,30,33-34,36H,12-17,19-20H2,1-4H3. The lowest BCUT2D eigenvalue weighted by atomic mass is 9.79. The van der Waals surface area contributed by atoms with Gasteiger partial charge in [-0.05, 0) is 32.0 Å². The van der Waals surface area contributed by atoms with Crippen molar-refractivity contribution in [3.8, 4) is 11.5 Å². The SMILES string of the molecule is COCCOC(=O)C1=C(C)NC(C)=C(C(=O)OCCOC)C1c1cc([N+](=O)[O-])ccc1OCCNCC(O)COc1ccccc1. The zero-order chi connectivity index (χ0) is 33.5. The molecule has 2 aromatic carbocycles. The fourth-order valence-corrected chi connectivity index (χ4v) is 4.71. The number of carbonyl (C=O) groups is 2. The molecule has 3 rings (SSSR count). The smallest absolute Gasteiger partial charge is 0.336 e. The Kier molecular flexibility index (Phi) is 14.4. The monoisotopic (exact) mass is 643 g/mol. The quantitative estimate of drug-likeness (QED) is 0.0882.